The Morgan fingerprint density at radius 3 is 2.78 bits per heavy atom. The van der Waals surface area contributed by atoms with Gasteiger partial charge in [-0.3, -0.25) is 14.3 Å². The molecule has 1 aliphatic heterocycles. The number of thiazole rings is 1. The van der Waals surface area contributed by atoms with Gasteiger partial charge in [-0.1, -0.05) is 13.8 Å². The zero-order valence-corrected chi connectivity index (χ0v) is 19.5. The third-order valence-electron chi connectivity index (χ3n) is 4.61. The zero-order chi connectivity index (χ0) is 18.4. The molecule has 2 aromatic rings. The maximum atomic E-state index is 5.50. The fourth-order valence-electron chi connectivity index (χ4n) is 3.32. The number of nitrogens with zero attached hydrogens (tertiary/aromatic N) is 4. The molecule has 0 saturated carbocycles. The summed E-state index contributed by atoms with van der Waals surface area (Å²) in [6.07, 6.45) is 5.26. The van der Waals surface area contributed by atoms with Gasteiger partial charge in [-0.15, -0.1) is 35.3 Å². The van der Waals surface area contributed by atoms with E-state index in [2.05, 4.69) is 50.0 Å². The summed E-state index contributed by atoms with van der Waals surface area (Å²) < 4.78 is 7.55. The first-order valence-corrected chi connectivity index (χ1v) is 10.2. The van der Waals surface area contributed by atoms with Crippen LogP contribution in [0.3, 0.4) is 0 Å². The van der Waals surface area contributed by atoms with Crippen LogP contribution in [0.4, 0.5) is 0 Å². The lowest BCUT2D eigenvalue weighted by Gasteiger charge is -2.35. The molecule has 0 amide bonds. The minimum absolute atomic E-state index is 0. The van der Waals surface area contributed by atoms with Gasteiger partial charge < -0.3 is 15.4 Å². The Labute approximate surface area is 182 Å². The quantitative estimate of drug-likeness (QED) is 0.343. The van der Waals surface area contributed by atoms with Crippen molar-refractivity contribution in [3.05, 3.63) is 23.5 Å². The second-order valence-electron chi connectivity index (χ2n) is 7.06. The summed E-state index contributed by atoms with van der Waals surface area (Å²) in [5.41, 5.74) is 1.02. The van der Waals surface area contributed by atoms with Crippen LogP contribution >= 0.6 is 35.3 Å². The van der Waals surface area contributed by atoms with Crippen molar-refractivity contribution in [2.45, 2.75) is 32.9 Å². The molecule has 7 nitrogen and oxygen atoms in total. The molecule has 0 radical (unpaired) electrons. The molecule has 0 spiro atoms. The summed E-state index contributed by atoms with van der Waals surface area (Å²) in [5, 5.41) is 8.91. The fourth-order valence-corrected chi connectivity index (χ4v) is 4.04. The molecule has 1 saturated heterocycles. The molecular weight excluding hydrogens is 475 g/mol. The summed E-state index contributed by atoms with van der Waals surface area (Å²) in [6.45, 7) is 9.80. The lowest BCUT2D eigenvalue weighted by molar-refractivity contribution is 0.0132. The van der Waals surface area contributed by atoms with E-state index in [9.17, 15) is 0 Å². The number of hydrogen-bond donors (Lipinski definition) is 2. The van der Waals surface area contributed by atoms with Gasteiger partial charge in [0.15, 0.2) is 10.9 Å². The van der Waals surface area contributed by atoms with Crippen LogP contribution in [0.2, 0.25) is 0 Å². The Kier molecular flexibility index (Phi) is 9.27. The molecule has 3 heterocycles. The van der Waals surface area contributed by atoms with Crippen LogP contribution in [0.25, 0.3) is 4.96 Å². The fraction of sp³-hybridized carbons (Fsp3) is 0.667. The lowest BCUT2D eigenvalue weighted by atomic mass is 10.0. The summed E-state index contributed by atoms with van der Waals surface area (Å²) in [7, 11) is 1.81. The van der Waals surface area contributed by atoms with E-state index >= 15 is 0 Å². The smallest absolute Gasteiger partial charge is 0.193 e. The van der Waals surface area contributed by atoms with Crippen molar-refractivity contribution in [2.24, 2.45) is 10.9 Å². The molecule has 2 N–H and O–H groups in total. The summed E-state index contributed by atoms with van der Waals surface area (Å²) in [4.78, 5) is 12.5. The first-order valence-electron chi connectivity index (χ1n) is 9.33. The Morgan fingerprint density at radius 1 is 1.33 bits per heavy atom. The van der Waals surface area contributed by atoms with Crippen molar-refractivity contribution in [3.8, 4) is 0 Å². The minimum atomic E-state index is 0. The Morgan fingerprint density at radius 2 is 2.11 bits per heavy atom. The number of rotatable bonds is 7. The van der Waals surface area contributed by atoms with Crippen LogP contribution in [0.15, 0.2) is 22.8 Å². The number of halogens is 1. The average Bonchev–Trinajstić information content (AvgIpc) is 3.23. The van der Waals surface area contributed by atoms with Gasteiger partial charge in [0, 0.05) is 50.5 Å². The highest BCUT2D eigenvalue weighted by molar-refractivity contribution is 14.0. The van der Waals surface area contributed by atoms with Crippen LogP contribution in [-0.4, -0.2) is 66.2 Å². The maximum Gasteiger partial charge on any atom is 0.193 e. The topological polar surface area (TPSA) is 66.2 Å². The molecule has 1 fully saturated rings. The highest BCUT2D eigenvalue weighted by Crippen LogP contribution is 2.13. The van der Waals surface area contributed by atoms with Crippen LogP contribution in [-0.2, 0) is 11.3 Å². The van der Waals surface area contributed by atoms with E-state index in [-0.39, 0.29) is 24.0 Å². The highest BCUT2D eigenvalue weighted by atomic mass is 127. The standard InChI is InChI=1S/C18H30N6OS.HI/c1-14(2)10-16(23-4-7-25-8-5-23)12-21-17(19-3)20-11-15-13-24-6-9-26-18(24)22-15;/h6,9,13-14,16H,4-5,7-8,10-12H2,1-3H3,(H2,19,20,21);1H. The summed E-state index contributed by atoms with van der Waals surface area (Å²) in [6, 6.07) is 0.496. The number of hydrogen-bond acceptors (Lipinski definition) is 5. The van der Waals surface area contributed by atoms with Gasteiger partial charge >= 0.3 is 0 Å². The Bertz CT molecular complexity index is 681. The van der Waals surface area contributed by atoms with Gasteiger partial charge in [0.2, 0.25) is 0 Å². The van der Waals surface area contributed by atoms with Crippen molar-refractivity contribution in [2.75, 3.05) is 39.9 Å². The van der Waals surface area contributed by atoms with Crippen molar-refractivity contribution >= 4 is 46.2 Å². The summed E-state index contributed by atoms with van der Waals surface area (Å²) >= 11 is 1.65. The number of morpholine rings is 1. The molecule has 1 atom stereocenters. The van der Waals surface area contributed by atoms with Crippen LogP contribution in [0.1, 0.15) is 26.0 Å². The van der Waals surface area contributed by atoms with Gasteiger partial charge in [-0.05, 0) is 12.3 Å². The molecule has 9 heteroatoms. The second-order valence-corrected chi connectivity index (χ2v) is 7.94. The summed E-state index contributed by atoms with van der Waals surface area (Å²) in [5.74, 6) is 1.49. The van der Waals surface area contributed by atoms with Gasteiger partial charge in [0.25, 0.3) is 0 Å². The molecular formula is C18H31IN6OS. The number of guanidine groups is 1. The van der Waals surface area contributed by atoms with Crippen LogP contribution in [0, 0.1) is 5.92 Å². The largest absolute Gasteiger partial charge is 0.379 e. The number of imidazole rings is 1. The minimum Gasteiger partial charge on any atom is -0.379 e. The zero-order valence-electron chi connectivity index (χ0n) is 16.4. The second kappa shape index (κ2) is 11.2. The first-order chi connectivity index (χ1) is 12.7. The maximum absolute atomic E-state index is 5.50. The molecule has 0 aromatic carbocycles. The van der Waals surface area contributed by atoms with E-state index in [1.54, 1.807) is 11.3 Å². The normalized spacial score (nSPS) is 17.1. The first kappa shape index (κ1) is 22.4. The average molecular weight is 506 g/mol. The molecule has 0 bridgehead atoms. The number of aliphatic imine (C=N–C) groups is 1. The van der Waals surface area contributed by atoms with Gasteiger partial charge in [-0.2, -0.15) is 0 Å². The van der Waals surface area contributed by atoms with Gasteiger partial charge in [-0.25, -0.2) is 4.98 Å². The Hall–Kier alpha value is -0.910. The van der Waals surface area contributed by atoms with E-state index < -0.39 is 0 Å². The molecule has 1 unspecified atom stereocenters. The van der Waals surface area contributed by atoms with Gasteiger partial charge in [0.1, 0.15) is 0 Å². The molecule has 27 heavy (non-hydrogen) atoms. The number of aromatic nitrogens is 2. The predicted octanol–water partition coefficient (Wildman–Crippen LogP) is 2.43. The molecule has 2 aromatic heterocycles. The number of nitrogens with one attached hydrogen (secondary N) is 2. The van der Waals surface area contributed by atoms with Crippen molar-refractivity contribution in [1.29, 1.82) is 0 Å². The van der Waals surface area contributed by atoms with E-state index in [1.165, 1.54) is 6.42 Å². The third-order valence-corrected chi connectivity index (χ3v) is 5.39. The van der Waals surface area contributed by atoms with Crippen molar-refractivity contribution < 1.29 is 4.74 Å². The molecule has 1 aliphatic rings. The monoisotopic (exact) mass is 506 g/mol. The van der Waals surface area contributed by atoms with Crippen molar-refractivity contribution in [1.82, 2.24) is 24.9 Å². The molecule has 152 valence electrons. The SMILES string of the molecule is CN=C(NCc1cn2ccsc2n1)NCC(CC(C)C)N1CCOCC1.I. The third kappa shape index (κ3) is 6.58. The van der Waals surface area contributed by atoms with E-state index in [0.29, 0.717) is 18.5 Å². The van der Waals surface area contributed by atoms with Gasteiger partial charge in [0.05, 0.1) is 25.5 Å². The van der Waals surface area contributed by atoms with Crippen LogP contribution in [0.5, 0.6) is 0 Å². The van der Waals surface area contributed by atoms with Crippen molar-refractivity contribution in [3.63, 3.8) is 0 Å². The Balaban J connectivity index is 0.00000261. The molecule has 3 rings (SSSR count). The number of ether oxygens (including phenoxy) is 1. The lowest BCUT2D eigenvalue weighted by Crippen LogP contribution is -2.51. The molecule has 0 aliphatic carbocycles. The predicted molar refractivity (Wildman–Crippen MR) is 122 cm³/mol. The van der Waals surface area contributed by atoms with Crippen LogP contribution < -0.4 is 10.6 Å². The van der Waals surface area contributed by atoms with E-state index in [1.807, 2.05) is 18.6 Å². The van der Waals surface area contributed by atoms with E-state index in [4.69, 9.17) is 4.74 Å². The van der Waals surface area contributed by atoms with E-state index in [0.717, 1.165) is 49.5 Å². The highest BCUT2D eigenvalue weighted by Gasteiger charge is 2.22. The number of fused-ring (bicyclic) bond motifs is 1.